The maximum Gasteiger partial charge on any atom is 0.231 e. The fraction of sp³-hybridized carbons (Fsp3) is 0.350. The fourth-order valence-electron chi connectivity index (χ4n) is 3.06. The van der Waals surface area contributed by atoms with E-state index in [-0.39, 0.29) is 12.8 Å². The van der Waals surface area contributed by atoms with E-state index >= 15 is 0 Å². The van der Waals surface area contributed by atoms with Gasteiger partial charge in [0.2, 0.25) is 6.79 Å². The van der Waals surface area contributed by atoms with E-state index in [0.717, 1.165) is 17.2 Å². The lowest BCUT2D eigenvalue weighted by Gasteiger charge is -2.26. The summed E-state index contributed by atoms with van der Waals surface area (Å²) < 4.78 is 10.7. The lowest BCUT2D eigenvalue weighted by molar-refractivity contribution is 0.174. The Labute approximate surface area is 154 Å². The van der Waals surface area contributed by atoms with Crippen LogP contribution in [0.3, 0.4) is 0 Å². The Morgan fingerprint density at radius 3 is 2.52 bits per heavy atom. The fourth-order valence-corrected chi connectivity index (χ4v) is 3.31. The van der Waals surface area contributed by atoms with Crippen LogP contribution in [0.25, 0.3) is 0 Å². The van der Waals surface area contributed by atoms with Crippen LogP contribution >= 0.6 is 12.2 Å². The first-order valence-electron chi connectivity index (χ1n) is 8.48. The van der Waals surface area contributed by atoms with Crippen LogP contribution in [-0.4, -0.2) is 11.9 Å². The predicted octanol–water partition coefficient (Wildman–Crippen LogP) is 4.72. The van der Waals surface area contributed by atoms with Crippen molar-refractivity contribution in [2.45, 2.75) is 33.7 Å². The molecule has 4 nitrogen and oxygen atoms in total. The third-order valence-electron chi connectivity index (χ3n) is 4.34. The molecule has 2 N–H and O–H groups in total. The minimum atomic E-state index is 0.148. The van der Waals surface area contributed by atoms with Gasteiger partial charge in [-0.2, -0.15) is 0 Å². The molecular weight excluding hydrogens is 332 g/mol. The van der Waals surface area contributed by atoms with E-state index < -0.39 is 0 Å². The van der Waals surface area contributed by atoms with E-state index in [0.29, 0.717) is 11.0 Å². The molecule has 0 spiro atoms. The molecule has 0 bridgehead atoms. The van der Waals surface area contributed by atoms with Crippen LogP contribution in [0.2, 0.25) is 0 Å². The van der Waals surface area contributed by atoms with Gasteiger partial charge in [0, 0.05) is 11.8 Å². The Kier molecular flexibility index (Phi) is 5.13. The van der Waals surface area contributed by atoms with Gasteiger partial charge < -0.3 is 20.1 Å². The highest BCUT2D eigenvalue weighted by Crippen LogP contribution is 2.34. The molecule has 0 radical (unpaired) electrons. The van der Waals surface area contributed by atoms with Crippen molar-refractivity contribution in [3.05, 3.63) is 53.1 Å². The van der Waals surface area contributed by atoms with Gasteiger partial charge in [-0.15, -0.1) is 0 Å². The summed E-state index contributed by atoms with van der Waals surface area (Å²) in [5, 5.41) is 7.29. The van der Waals surface area contributed by atoms with Crippen LogP contribution in [0, 0.1) is 19.8 Å². The molecule has 1 aliphatic rings. The first-order valence-corrected chi connectivity index (χ1v) is 8.89. The highest BCUT2D eigenvalue weighted by atomic mass is 32.1. The Morgan fingerprint density at radius 1 is 1.04 bits per heavy atom. The summed E-state index contributed by atoms with van der Waals surface area (Å²) in [7, 11) is 0. The number of benzene rings is 2. The van der Waals surface area contributed by atoms with Gasteiger partial charge in [-0.3, -0.25) is 0 Å². The molecule has 0 unspecified atom stereocenters. The summed E-state index contributed by atoms with van der Waals surface area (Å²) in [6, 6.07) is 12.4. The zero-order chi connectivity index (χ0) is 18.0. The number of rotatable bonds is 4. The third kappa shape index (κ3) is 4.04. The number of nitrogens with one attached hydrogen (secondary N) is 2. The molecular formula is C20H24N2O2S. The molecule has 0 saturated heterocycles. The van der Waals surface area contributed by atoms with Gasteiger partial charge in [-0.1, -0.05) is 37.6 Å². The van der Waals surface area contributed by atoms with Crippen LogP contribution in [0.15, 0.2) is 36.4 Å². The highest BCUT2D eigenvalue weighted by Gasteiger charge is 2.19. The van der Waals surface area contributed by atoms with Crippen molar-refractivity contribution in [2.24, 2.45) is 5.92 Å². The number of anilines is 1. The Balaban J connectivity index is 1.73. The molecule has 132 valence electrons. The number of thiocarbonyl (C=S) groups is 1. The number of fused-ring (bicyclic) bond motifs is 1. The van der Waals surface area contributed by atoms with Crippen LogP contribution in [0.5, 0.6) is 11.5 Å². The van der Waals surface area contributed by atoms with Crippen molar-refractivity contribution in [2.75, 3.05) is 12.1 Å². The van der Waals surface area contributed by atoms with Crippen molar-refractivity contribution in [3.63, 3.8) is 0 Å². The lowest BCUT2D eigenvalue weighted by Crippen LogP contribution is -2.35. The van der Waals surface area contributed by atoms with Crippen LogP contribution in [-0.2, 0) is 0 Å². The molecule has 0 saturated carbocycles. The van der Waals surface area contributed by atoms with Crippen LogP contribution < -0.4 is 20.1 Å². The Hall–Kier alpha value is -2.27. The molecule has 5 heteroatoms. The summed E-state index contributed by atoms with van der Waals surface area (Å²) in [5.41, 5.74) is 4.70. The third-order valence-corrected chi connectivity index (χ3v) is 4.56. The van der Waals surface area contributed by atoms with E-state index in [1.54, 1.807) is 0 Å². The van der Waals surface area contributed by atoms with Gasteiger partial charge in [-0.05, 0) is 55.2 Å². The maximum atomic E-state index is 5.53. The zero-order valence-corrected chi connectivity index (χ0v) is 15.9. The largest absolute Gasteiger partial charge is 0.454 e. The molecule has 0 fully saturated rings. The molecule has 1 heterocycles. The van der Waals surface area contributed by atoms with Crippen LogP contribution in [0.4, 0.5) is 5.69 Å². The van der Waals surface area contributed by atoms with E-state index in [2.05, 4.69) is 56.5 Å². The minimum Gasteiger partial charge on any atom is -0.454 e. The number of ether oxygens (including phenoxy) is 2. The monoisotopic (exact) mass is 356 g/mol. The molecule has 25 heavy (non-hydrogen) atoms. The van der Waals surface area contributed by atoms with E-state index in [9.17, 15) is 0 Å². The van der Waals surface area contributed by atoms with Crippen molar-refractivity contribution < 1.29 is 9.47 Å². The zero-order valence-electron chi connectivity index (χ0n) is 15.1. The molecule has 0 aromatic heterocycles. The van der Waals surface area contributed by atoms with Crippen molar-refractivity contribution in [1.82, 2.24) is 5.32 Å². The molecule has 1 atom stereocenters. The van der Waals surface area contributed by atoms with E-state index in [1.165, 1.54) is 16.7 Å². The quantitative estimate of drug-likeness (QED) is 0.776. The van der Waals surface area contributed by atoms with E-state index in [1.807, 2.05) is 18.2 Å². The Morgan fingerprint density at radius 2 is 1.80 bits per heavy atom. The standard InChI is InChI=1S/C20H24N2O2S/c1-12(2)19(16-7-5-13(3)9-14(16)4)22-20(25)21-15-6-8-17-18(10-15)24-11-23-17/h5-10,12,19H,11H2,1-4H3,(H2,21,22,25)/t19-/m0/s1. The molecule has 3 rings (SSSR count). The SMILES string of the molecule is Cc1ccc([C@@H](NC(=S)Nc2ccc3c(c2)OCO3)C(C)C)c(C)c1. The Bertz CT molecular complexity index is 789. The number of hydrogen-bond acceptors (Lipinski definition) is 3. The second-order valence-corrected chi connectivity index (χ2v) is 7.16. The van der Waals surface area contributed by atoms with Crippen molar-refractivity contribution >= 4 is 23.0 Å². The number of hydrogen-bond donors (Lipinski definition) is 2. The van der Waals surface area contributed by atoms with Crippen LogP contribution in [0.1, 0.15) is 36.6 Å². The summed E-state index contributed by atoms with van der Waals surface area (Å²) in [6.07, 6.45) is 0. The maximum absolute atomic E-state index is 5.53. The van der Waals surface area contributed by atoms with Gasteiger partial charge in [-0.25, -0.2) is 0 Å². The summed E-state index contributed by atoms with van der Waals surface area (Å²) >= 11 is 5.53. The minimum absolute atomic E-state index is 0.148. The van der Waals surface area contributed by atoms with Crippen molar-refractivity contribution in [3.8, 4) is 11.5 Å². The first-order chi connectivity index (χ1) is 11.9. The number of aryl methyl sites for hydroxylation is 2. The van der Waals surface area contributed by atoms with Gasteiger partial charge in [0.15, 0.2) is 16.6 Å². The smallest absolute Gasteiger partial charge is 0.231 e. The molecule has 2 aromatic rings. The second kappa shape index (κ2) is 7.31. The second-order valence-electron chi connectivity index (χ2n) is 6.75. The summed E-state index contributed by atoms with van der Waals surface area (Å²) in [5.74, 6) is 1.90. The average Bonchev–Trinajstić information content (AvgIpc) is 3.00. The van der Waals surface area contributed by atoms with Gasteiger partial charge in [0.05, 0.1) is 6.04 Å². The molecule has 0 amide bonds. The highest BCUT2D eigenvalue weighted by molar-refractivity contribution is 7.80. The summed E-state index contributed by atoms with van der Waals surface area (Å²) in [4.78, 5) is 0. The van der Waals surface area contributed by atoms with E-state index in [4.69, 9.17) is 21.7 Å². The molecule has 0 aliphatic carbocycles. The normalized spacial score (nSPS) is 13.6. The van der Waals surface area contributed by atoms with Gasteiger partial charge in [0.1, 0.15) is 0 Å². The predicted molar refractivity (Wildman–Crippen MR) is 105 cm³/mol. The van der Waals surface area contributed by atoms with Gasteiger partial charge >= 0.3 is 0 Å². The topological polar surface area (TPSA) is 42.5 Å². The van der Waals surface area contributed by atoms with Crippen molar-refractivity contribution in [1.29, 1.82) is 0 Å². The first kappa shape index (κ1) is 17.5. The lowest BCUT2D eigenvalue weighted by atomic mass is 9.92. The molecule has 2 aromatic carbocycles. The molecule has 1 aliphatic heterocycles. The average molecular weight is 356 g/mol. The summed E-state index contributed by atoms with van der Waals surface area (Å²) in [6.45, 7) is 8.91. The van der Waals surface area contributed by atoms with Gasteiger partial charge in [0.25, 0.3) is 0 Å².